The van der Waals surface area contributed by atoms with E-state index in [1.807, 2.05) is 29.2 Å². The normalized spacial score (nSPS) is 18.2. The third-order valence-electron chi connectivity index (χ3n) is 5.93. The molecule has 29 heavy (non-hydrogen) atoms. The van der Waals surface area contributed by atoms with Gasteiger partial charge in [0.1, 0.15) is 5.82 Å². The van der Waals surface area contributed by atoms with Crippen molar-refractivity contribution in [3.63, 3.8) is 0 Å². The number of hydrogen-bond donors (Lipinski definition) is 1. The van der Waals surface area contributed by atoms with E-state index < -0.39 is 6.10 Å². The molecule has 0 unspecified atom stereocenters. The van der Waals surface area contributed by atoms with Crippen LogP contribution < -0.4 is 4.90 Å². The van der Waals surface area contributed by atoms with E-state index >= 15 is 0 Å². The number of β-amino-alcohol motifs (C(OH)–C–C–N with tert-alkyl or cyclic N) is 1. The van der Waals surface area contributed by atoms with Crippen LogP contribution in [0.1, 0.15) is 42.6 Å². The summed E-state index contributed by atoms with van der Waals surface area (Å²) in [7, 11) is 0. The topological polar surface area (TPSA) is 43.8 Å². The summed E-state index contributed by atoms with van der Waals surface area (Å²) in [5.41, 5.74) is 5.32. The van der Waals surface area contributed by atoms with Crippen molar-refractivity contribution in [2.24, 2.45) is 0 Å². The lowest BCUT2D eigenvalue weighted by atomic mass is 9.96. The van der Waals surface area contributed by atoms with E-state index in [4.69, 9.17) is 0 Å². The predicted molar refractivity (Wildman–Crippen MR) is 113 cm³/mol. The first-order chi connectivity index (χ1) is 14.0. The highest BCUT2D eigenvalue weighted by molar-refractivity contribution is 5.92. The Balaban J connectivity index is 1.41. The van der Waals surface area contributed by atoms with Gasteiger partial charge in [0.05, 0.1) is 6.10 Å². The van der Waals surface area contributed by atoms with Crippen LogP contribution in [0.15, 0.2) is 48.5 Å². The van der Waals surface area contributed by atoms with E-state index in [0.717, 1.165) is 61.3 Å². The highest BCUT2D eigenvalue weighted by Gasteiger charge is 2.22. The van der Waals surface area contributed by atoms with Gasteiger partial charge in [0, 0.05) is 38.8 Å². The Morgan fingerprint density at radius 3 is 2.62 bits per heavy atom. The number of carbonyl (C=O) groups is 1. The van der Waals surface area contributed by atoms with Crippen LogP contribution in [0, 0.1) is 5.82 Å². The Kier molecular flexibility index (Phi) is 5.79. The number of rotatable bonds is 4. The molecule has 4 nitrogen and oxygen atoms in total. The third-order valence-corrected chi connectivity index (χ3v) is 5.93. The lowest BCUT2D eigenvalue weighted by Gasteiger charge is -2.31. The van der Waals surface area contributed by atoms with Crippen molar-refractivity contribution in [2.75, 3.05) is 31.1 Å². The Morgan fingerprint density at radius 1 is 1.14 bits per heavy atom. The van der Waals surface area contributed by atoms with Crippen LogP contribution in [0.2, 0.25) is 0 Å². The standard InChI is InChI=1S/C24H27FN2O2/c1-17(28)27-12-2-3-20-15-21(6-9-23(20)27)24(29)16-26-13-10-19(11-14-26)18-4-7-22(25)8-5-18/h4-10,15,24,29H,2-3,11-14,16H2,1H3/t24-/m1/s1. The molecule has 2 aromatic rings. The maximum Gasteiger partial charge on any atom is 0.223 e. The molecule has 4 rings (SSSR count). The number of nitrogens with zero attached hydrogens (tertiary/aromatic N) is 2. The molecule has 0 radical (unpaired) electrons. The van der Waals surface area contributed by atoms with Gasteiger partial charge in [0.2, 0.25) is 5.91 Å². The fraction of sp³-hybridized carbons (Fsp3) is 0.375. The van der Waals surface area contributed by atoms with Crippen LogP contribution in [0.3, 0.4) is 0 Å². The summed E-state index contributed by atoms with van der Waals surface area (Å²) in [5, 5.41) is 10.8. The summed E-state index contributed by atoms with van der Waals surface area (Å²) in [6.45, 7) is 4.57. The average molecular weight is 394 g/mol. The molecule has 0 fully saturated rings. The van der Waals surface area contributed by atoms with Gasteiger partial charge in [-0.05, 0) is 59.7 Å². The number of aryl methyl sites for hydroxylation is 1. The number of aliphatic hydroxyl groups is 1. The molecular formula is C24H27FN2O2. The largest absolute Gasteiger partial charge is 0.387 e. The molecule has 1 atom stereocenters. The zero-order valence-electron chi connectivity index (χ0n) is 16.8. The summed E-state index contributed by atoms with van der Waals surface area (Å²) < 4.78 is 13.1. The fourth-order valence-electron chi connectivity index (χ4n) is 4.30. The molecule has 0 saturated heterocycles. The number of halogens is 1. The second-order valence-electron chi connectivity index (χ2n) is 7.92. The molecule has 1 amide bonds. The number of hydrogen-bond acceptors (Lipinski definition) is 3. The summed E-state index contributed by atoms with van der Waals surface area (Å²) in [4.78, 5) is 15.9. The molecule has 0 aromatic heterocycles. The number of aliphatic hydroxyl groups excluding tert-OH is 1. The summed E-state index contributed by atoms with van der Waals surface area (Å²) >= 11 is 0. The van der Waals surface area contributed by atoms with Crippen molar-refractivity contribution in [1.29, 1.82) is 0 Å². The average Bonchev–Trinajstić information content (AvgIpc) is 2.74. The van der Waals surface area contributed by atoms with E-state index in [9.17, 15) is 14.3 Å². The number of amides is 1. The van der Waals surface area contributed by atoms with Gasteiger partial charge in [-0.15, -0.1) is 0 Å². The van der Waals surface area contributed by atoms with Crippen LogP contribution >= 0.6 is 0 Å². The molecule has 2 aliphatic rings. The van der Waals surface area contributed by atoms with Gasteiger partial charge in [-0.25, -0.2) is 4.39 Å². The molecule has 2 aliphatic heterocycles. The van der Waals surface area contributed by atoms with E-state index in [1.54, 1.807) is 6.92 Å². The van der Waals surface area contributed by atoms with Crippen LogP contribution in [-0.2, 0) is 11.2 Å². The zero-order valence-corrected chi connectivity index (χ0v) is 16.8. The Morgan fingerprint density at radius 2 is 1.93 bits per heavy atom. The first-order valence-corrected chi connectivity index (χ1v) is 10.3. The van der Waals surface area contributed by atoms with Crippen molar-refractivity contribution >= 4 is 17.2 Å². The Hall–Kier alpha value is -2.50. The van der Waals surface area contributed by atoms with Crippen LogP contribution in [-0.4, -0.2) is 42.1 Å². The zero-order chi connectivity index (χ0) is 20.4. The van der Waals surface area contributed by atoms with E-state index in [0.29, 0.717) is 6.54 Å². The number of carbonyl (C=O) groups excluding carboxylic acids is 1. The lowest BCUT2D eigenvalue weighted by molar-refractivity contribution is -0.116. The van der Waals surface area contributed by atoms with Crippen LogP contribution in [0.25, 0.3) is 5.57 Å². The summed E-state index contributed by atoms with van der Waals surface area (Å²) in [6.07, 6.45) is 4.38. The Bertz CT molecular complexity index is 923. The quantitative estimate of drug-likeness (QED) is 0.854. The maximum atomic E-state index is 13.1. The molecule has 0 saturated carbocycles. The molecule has 2 aromatic carbocycles. The molecular weight excluding hydrogens is 367 g/mol. The molecule has 5 heteroatoms. The number of fused-ring (bicyclic) bond motifs is 1. The number of anilines is 1. The molecule has 0 bridgehead atoms. The van der Waals surface area contributed by atoms with Gasteiger partial charge in [0.25, 0.3) is 0 Å². The monoisotopic (exact) mass is 394 g/mol. The van der Waals surface area contributed by atoms with Crippen molar-refractivity contribution < 1.29 is 14.3 Å². The fourth-order valence-corrected chi connectivity index (χ4v) is 4.30. The smallest absolute Gasteiger partial charge is 0.223 e. The van der Waals surface area contributed by atoms with Gasteiger partial charge in [0.15, 0.2) is 0 Å². The summed E-state index contributed by atoms with van der Waals surface area (Å²) in [5.74, 6) is -0.150. The third kappa shape index (κ3) is 4.41. The molecule has 2 heterocycles. The van der Waals surface area contributed by atoms with Crippen LogP contribution in [0.4, 0.5) is 10.1 Å². The molecule has 1 N–H and O–H groups in total. The van der Waals surface area contributed by atoms with Crippen molar-refractivity contribution in [2.45, 2.75) is 32.3 Å². The van der Waals surface area contributed by atoms with Gasteiger partial charge < -0.3 is 10.0 Å². The predicted octanol–water partition coefficient (Wildman–Crippen LogP) is 3.95. The van der Waals surface area contributed by atoms with E-state index in [1.165, 1.54) is 17.7 Å². The van der Waals surface area contributed by atoms with Gasteiger partial charge in [-0.2, -0.15) is 0 Å². The first kappa shape index (κ1) is 19.8. The van der Waals surface area contributed by atoms with Crippen molar-refractivity contribution in [3.8, 4) is 0 Å². The molecule has 152 valence electrons. The minimum Gasteiger partial charge on any atom is -0.387 e. The second-order valence-corrected chi connectivity index (χ2v) is 7.92. The van der Waals surface area contributed by atoms with E-state index in [-0.39, 0.29) is 11.7 Å². The van der Waals surface area contributed by atoms with Crippen molar-refractivity contribution in [1.82, 2.24) is 4.90 Å². The summed E-state index contributed by atoms with van der Waals surface area (Å²) in [6, 6.07) is 12.6. The lowest BCUT2D eigenvalue weighted by Crippen LogP contribution is -2.34. The van der Waals surface area contributed by atoms with Gasteiger partial charge >= 0.3 is 0 Å². The SMILES string of the molecule is CC(=O)N1CCCc2cc([C@H](O)CN3CC=C(c4ccc(F)cc4)CC3)ccc21. The maximum absolute atomic E-state index is 13.1. The van der Waals surface area contributed by atoms with Gasteiger partial charge in [-0.1, -0.05) is 30.3 Å². The van der Waals surface area contributed by atoms with Gasteiger partial charge in [-0.3, -0.25) is 9.69 Å². The minimum atomic E-state index is -0.561. The highest BCUT2D eigenvalue weighted by Crippen LogP contribution is 2.31. The molecule has 0 spiro atoms. The Labute approximate surface area is 171 Å². The second kappa shape index (κ2) is 8.47. The van der Waals surface area contributed by atoms with Crippen molar-refractivity contribution in [3.05, 3.63) is 71.0 Å². The molecule has 0 aliphatic carbocycles. The van der Waals surface area contributed by atoms with E-state index in [2.05, 4.69) is 17.0 Å². The van der Waals surface area contributed by atoms with Crippen LogP contribution in [0.5, 0.6) is 0 Å². The minimum absolute atomic E-state index is 0.0660. The number of benzene rings is 2. The highest BCUT2D eigenvalue weighted by atomic mass is 19.1. The first-order valence-electron chi connectivity index (χ1n) is 10.3.